The Kier molecular flexibility index (Phi) is 4.99. The van der Waals surface area contributed by atoms with E-state index in [0.29, 0.717) is 0 Å². The van der Waals surface area contributed by atoms with Gasteiger partial charge in [-0.15, -0.1) is 0 Å². The standard InChI is InChI=1S/C21H30N2O4/c1-13(27-18(24)9-14-4-2-3-5-14)19(25)22-20(26)23-21-10-15-6-16(11-21)8-17(7-15)12-21/h2,4,13-17H,3,5-12H2,1H3,(H2,22,23,25,26)/t13-,14+,15?,16?,17?,21?/m0/s1. The van der Waals surface area contributed by atoms with Crippen molar-refractivity contribution in [1.29, 1.82) is 0 Å². The number of esters is 1. The fourth-order valence-corrected chi connectivity index (χ4v) is 6.13. The fraction of sp³-hybridized carbons (Fsp3) is 0.762. The van der Waals surface area contributed by atoms with Gasteiger partial charge in [0, 0.05) is 5.54 Å². The minimum absolute atomic E-state index is 0.145. The molecular formula is C21H30N2O4. The molecule has 4 saturated carbocycles. The molecular weight excluding hydrogens is 344 g/mol. The molecule has 5 rings (SSSR count). The molecule has 0 aromatic carbocycles. The normalized spacial score (nSPS) is 37.1. The maximum atomic E-state index is 12.4. The van der Waals surface area contributed by atoms with Crippen molar-refractivity contribution in [2.45, 2.75) is 76.4 Å². The average molecular weight is 374 g/mol. The summed E-state index contributed by atoms with van der Waals surface area (Å²) in [7, 11) is 0. The lowest BCUT2D eigenvalue weighted by Gasteiger charge is -2.56. The highest BCUT2D eigenvalue weighted by Crippen LogP contribution is 2.55. The third-order valence-electron chi connectivity index (χ3n) is 6.87. The molecule has 5 aliphatic carbocycles. The number of urea groups is 1. The third kappa shape index (κ3) is 4.19. The van der Waals surface area contributed by atoms with E-state index in [1.165, 1.54) is 26.2 Å². The van der Waals surface area contributed by atoms with Crippen LogP contribution < -0.4 is 10.6 Å². The van der Waals surface area contributed by atoms with Gasteiger partial charge in [-0.1, -0.05) is 12.2 Å². The van der Waals surface area contributed by atoms with Gasteiger partial charge >= 0.3 is 12.0 Å². The monoisotopic (exact) mass is 374 g/mol. The molecule has 2 N–H and O–H groups in total. The van der Waals surface area contributed by atoms with E-state index in [9.17, 15) is 14.4 Å². The first-order valence-corrected chi connectivity index (χ1v) is 10.4. The Morgan fingerprint density at radius 3 is 2.30 bits per heavy atom. The smallest absolute Gasteiger partial charge is 0.321 e. The van der Waals surface area contributed by atoms with Crippen LogP contribution in [0.15, 0.2) is 12.2 Å². The summed E-state index contributed by atoms with van der Waals surface area (Å²) in [5, 5.41) is 5.48. The number of rotatable bonds is 5. The van der Waals surface area contributed by atoms with Gasteiger partial charge in [0.05, 0.1) is 6.42 Å². The number of hydrogen-bond donors (Lipinski definition) is 2. The van der Waals surface area contributed by atoms with Crippen LogP contribution in [0.5, 0.6) is 0 Å². The van der Waals surface area contributed by atoms with Crippen LogP contribution in [0.1, 0.15) is 64.7 Å². The quantitative estimate of drug-likeness (QED) is 0.572. The molecule has 4 fully saturated rings. The minimum Gasteiger partial charge on any atom is -0.453 e. The summed E-state index contributed by atoms with van der Waals surface area (Å²) in [6.07, 6.45) is 12.3. The van der Waals surface area contributed by atoms with Gasteiger partial charge in [-0.05, 0) is 82.0 Å². The zero-order valence-electron chi connectivity index (χ0n) is 16.0. The molecule has 0 aromatic rings. The lowest BCUT2D eigenvalue weighted by atomic mass is 9.53. The molecule has 6 nitrogen and oxygen atoms in total. The van der Waals surface area contributed by atoms with E-state index in [1.807, 2.05) is 6.08 Å². The minimum atomic E-state index is -0.968. The molecule has 4 bridgehead atoms. The maximum absolute atomic E-state index is 12.4. The second-order valence-corrected chi connectivity index (χ2v) is 9.24. The number of nitrogens with one attached hydrogen (secondary N) is 2. The Balaban J connectivity index is 1.24. The third-order valence-corrected chi connectivity index (χ3v) is 6.87. The summed E-state index contributed by atoms with van der Waals surface area (Å²) >= 11 is 0. The van der Waals surface area contributed by atoms with Gasteiger partial charge in [-0.3, -0.25) is 14.9 Å². The molecule has 27 heavy (non-hydrogen) atoms. The van der Waals surface area contributed by atoms with Crippen molar-refractivity contribution in [3.8, 4) is 0 Å². The van der Waals surface area contributed by atoms with E-state index in [4.69, 9.17) is 4.74 Å². The largest absolute Gasteiger partial charge is 0.453 e. The highest BCUT2D eigenvalue weighted by atomic mass is 16.5. The number of carbonyl (C=O) groups excluding carboxylic acids is 3. The van der Waals surface area contributed by atoms with E-state index in [-0.39, 0.29) is 17.9 Å². The Hall–Kier alpha value is -1.85. The summed E-state index contributed by atoms with van der Waals surface area (Å²) in [5.41, 5.74) is -0.145. The molecule has 0 heterocycles. The van der Waals surface area contributed by atoms with E-state index in [0.717, 1.165) is 49.9 Å². The van der Waals surface area contributed by atoms with Gasteiger partial charge in [-0.25, -0.2) is 4.79 Å². The van der Waals surface area contributed by atoms with Crippen LogP contribution in [0, 0.1) is 23.7 Å². The van der Waals surface area contributed by atoms with Gasteiger partial charge < -0.3 is 10.1 Å². The van der Waals surface area contributed by atoms with Crippen LogP contribution in [-0.4, -0.2) is 29.6 Å². The molecule has 148 valence electrons. The Labute approximate surface area is 160 Å². The second-order valence-electron chi connectivity index (χ2n) is 9.24. The zero-order valence-corrected chi connectivity index (χ0v) is 16.0. The summed E-state index contributed by atoms with van der Waals surface area (Å²) in [6.45, 7) is 1.51. The molecule has 0 aromatic heterocycles. The lowest BCUT2D eigenvalue weighted by Crippen LogP contribution is -2.62. The molecule has 2 atom stereocenters. The Bertz CT molecular complexity index is 621. The van der Waals surface area contributed by atoms with Crippen molar-refractivity contribution in [3.05, 3.63) is 12.2 Å². The SMILES string of the molecule is C[C@H](OC(=O)C[C@@H]1C=CCC1)C(=O)NC(=O)NC12CC3CC(CC(C3)C1)C2. The lowest BCUT2D eigenvalue weighted by molar-refractivity contribution is -0.155. The summed E-state index contributed by atoms with van der Waals surface area (Å²) in [4.78, 5) is 36.6. The fourth-order valence-electron chi connectivity index (χ4n) is 6.13. The van der Waals surface area contributed by atoms with E-state index >= 15 is 0 Å². The molecule has 0 unspecified atom stereocenters. The first-order chi connectivity index (χ1) is 12.9. The number of amides is 3. The summed E-state index contributed by atoms with van der Waals surface area (Å²) < 4.78 is 5.20. The molecule has 5 aliphatic rings. The van der Waals surface area contributed by atoms with Gasteiger partial charge in [0.15, 0.2) is 6.10 Å². The molecule has 0 spiro atoms. The number of imide groups is 1. The van der Waals surface area contributed by atoms with Crippen molar-refractivity contribution in [2.75, 3.05) is 0 Å². The van der Waals surface area contributed by atoms with Crippen LogP contribution in [0.2, 0.25) is 0 Å². The highest BCUT2D eigenvalue weighted by Gasteiger charge is 2.51. The van der Waals surface area contributed by atoms with Crippen LogP contribution in [-0.2, 0) is 14.3 Å². The number of hydrogen-bond acceptors (Lipinski definition) is 4. The molecule has 3 amide bonds. The van der Waals surface area contributed by atoms with Crippen LogP contribution in [0.25, 0.3) is 0 Å². The highest BCUT2D eigenvalue weighted by molar-refractivity contribution is 5.97. The van der Waals surface area contributed by atoms with Crippen LogP contribution >= 0.6 is 0 Å². The Morgan fingerprint density at radius 1 is 1.11 bits per heavy atom. The van der Waals surface area contributed by atoms with Crippen molar-refractivity contribution in [2.24, 2.45) is 23.7 Å². The Morgan fingerprint density at radius 2 is 1.74 bits per heavy atom. The zero-order chi connectivity index (χ0) is 19.0. The first kappa shape index (κ1) is 18.5. The summed E-state index contributed by atoms with van der Waals surface area (Å²) in [6, 6.07) is -0.455. The molecule has 0 saturated heterocycles. The van der Waals surface area contributed by atoms with Crippen molar-refractivity contribution < 1.29 is 19.1 Å². The van der Waals surface area contributed by atoms with Crippen molar-refractivity contribution >= 4 is 17.9 Å². The van der Waals surface area contributed by atoms with Crippen molar-refractivity contribution in [3.63, 3.8) is 0 Å². The predicted molar refractivity (Wildman–Crippen MR) is 99.6 cm³/mol. The van der Waals surface area contributed by atoms with Crippen molar-refractivity contribution in [1.82, 2.24) is 10.6 Å². The number of ether oxygens (including phenoxy) is 1. The number of carbonyl (C=O) groups is 3. The molecule has 6 heteroatoms. The molecule has 0 aliphatic heterocycles. The van der Waals surface area contributed by atoms with E-state index < -0.39 is 24.0 Å². The van der Waals surface area contributed by atoms with E-state index in [2.05, 4.69) is 16.7 Å². The van der Waals surface area contributed by atoms with Gasteiger partial charge in [-0.2, -0.15) is 0 Å². The van der Waals surface area contributed by atoms with Gasteiger partial charge in [0.1, 0.15) is 0 Å². The topological polar surface area (TPSA) is 84.5 Å². The van der Waals surface area contributed by atoms with Gasteiger partial charge in [0.25, 0.3) is 5.91 Å². The van der Waals surface area contributed by atoms with Crippen LogP contribution in [0.3, 0.4) is 0 Å². The van der Waals surface area contributed by atoms with Crippen LogP contribution in [0.4, 0.5) is 4.79 Å². The van der Waals surface area contributed by atoms with E-state index in [1.54, 1.807) is 0 Å². The second kappa shape index (κ2) is 7.28. The predicted octanol–water partition coefficient (Wildman–Crippen LogP) is 3.07. The maximum Gasteiger partial charge on any atom is 0.321 e. The number of allylic oxidation sites excluding steroid dienone is 2. The molecule has 0 radical (unpaired) electrons. The average Bonchev–Trinajstić information content (AvgIpc) is 3.05. The summed E-state index contributed by atoms with van der Waals surface area (Å²) in [5.74, 6) is 1.40. The first-order valence-electron chi connectivity index (χ1n) is 10.4. The van der Waals surface area contributed by atoms with Gasteiger partial charge in [0.2, 0.25) is 0 Å².